The molecule has 0 spiro atoms. The second-order valence-electron chi connectivity index (χ2n) is 7.09. The van der Waals surface area contributed by atoms with Crippen LogP contribution in [0.1, 0.15) is 21.5 Å². The topological polar surface area (TPSA) is 89.0 Å². The Morgan fingerprint density at radius 3 is 2.39 bits per heavy atom. The van der Waals surface area contributed by atoms with Gasteiger partial charge in [0.25, 0.3) is 11.5 Å². The van der Waals surface area contributed by atoms with Gasteiger partial charge in [-0.05, 0) is 60.0 Å². The molecule has 0 saturated carbocycles. The van der Waals surface area contributed by atoms with E-state index in [1.807, 2.05) is 6.07 Å². The van der Waals surface area contributed by atoms with E-state index in [4.69, 9.17) is 5.26 Å². The summed E-state index contributed by atoms with van der Waals surface area (Å²) in [4.78, 5) is 28.6. The summed E-state index contributed by atoms with van der Waals surface area (Å²) in [5.74, 6) is -0.856. The van der Waals surface area contributed by atoms with Gasteiger partial charge in [-0.2, -0.15) is 18.4 Å². The number of nitrogens with one attached hydrogen (secondary N) is 2. The molecule has 1 amide bonds. The van der Waals surface area contributed by atoms with Gasteiger partial charge >= 0.3 is 6.18 Å². The van der Waals surface area contributed by atoms with Crippen LogP contribution in [0.25, 0.3) is 10.9 Å². The number of anilines is 2. The Morgan fingerprint density at radius 2 is 1.70 bits per heavy atom. The van der Waals surface area contributed by atoms with Gasteiger partial charge in [-0.15, -0.1) is 0 Å². The number of hydrazine groups is 1. The van der Waals surface area contributed by atoms with Crippen molar-refractivity contribution in [2.45, 2.75) is 6.18 Å². The van der Waals surface area contributed by atoms with E-state index in [9.17, 15) is 22.8 Å². The summed E-state index contributed by atoms with van der Waals surface area (Å²) in [7, 11) is 0. The van der Waals surface area contributed by atoms with Crippen LogP contribution >= 0.6 is 0 Å². The van der Waals surface area contributed by atoms with Crippen LogP contribution < -0.4 is 16.0 Å². The monoisotopic (exact) mass is 448 g/mol. The number of H-pyrrole nitrogens is 1. The molecule has 0 aliphatic heterocycles. The van der Waals surface area contributed by atoms with E-state index in [0.717, 1.165) is 17.1 Å². The first-order valence-electron chi connectivity index (χ1n) is 9.67. The molecule has 0 unspecified atom stereocenters. The second-order valence-corrected chi connectivity index (χ2v) is 7.09. The summed E-state index contributed by atoms with van der Waals surface area (Å²) in [6.45, 7) is 0. The average molecular weight is 448 g/mol. The number of carbonyl (C=O) groups excluding carboxylic acids is 1. The van der Waals surface area contributed by atoms with E-state index >= 15 is 0 Å². The molecule has 2 N–H and O–H groups in total. The number of nitriles is 1. The first-order valence-corrected chi connectivity index (χ1v) is 9.67. The Morgan fingerprint density at radius 1 is 0.970 bits per heavy atom. The summed E-state index contributed by atoms with van der Waals surface area (Å²) >= 11 is 0. The van der Waals surface area contributed by atoms with Crippen LogP contribution in [-0.4, -0.2) is 10.9 Å². The van der Waals surface area contributed by atoms with E-state index in [-0.39, 0.29) is 11.3 Å². The number of fused-ring (bicyclic) bond motifs is 1. The molecule has 4 rings (SSSR count). The van der Waals surface area contributed by atoms with Crippen molar-refractivity contribution in [1.82, 2.24) is 4.98 Å². The number of rotatable bonds is 4. The number of hydrogen-bond donors (Lipinski definition) is 2. The van der Waals surface area contributed by atoms with Gasteiger partial charge < -0.3 is 4.98 Å². The zero-order valence-electron chi connectivity index (χ0n) is 16.9. The Hall–Kier alpha value is -4.58. The molecule has 3 aromatic carbocycles. The number of alkyl halides is 3. The van der Waals surface area contributed by atoms with Crippen molar-refractivity contribution in [1.29, 1.82) is 5.26 Å². The third kappa shape index (κ3) is 4.55. The van der Waals surface area contributed by atoms with Gasteiger partial charge in [-0.3, -0.25) is 15.0 Å². The molecular formula is C24H15F3N4O2. The first-order chi connectivity index (χ1) is 15.8. The Balaban J connectivity index is 1.81. The number of aromatic amines is 1. The highest BCUT2D eigenvalue weighted by Crippen LogP contribution is 2.32. The minimum atomic E-state index is -4.63. The maximum Gasteiger partial charge on any atom is 0.416 e. The molecule has 0 saturated heterocycles. The zero-order valence-corrected chi connectivity index (χ0v) is 16.9. The standard InChI is InChI=1S/C24H15F3N4O2/c25-24(26,27)17-5-3-6-19(13-17)31(30-18-10-8-15(14-28)9-11-18)23(33)20-12-16-4-1-2-7-21(16)29-22(20)32/h1-13,30H,(H,29,32). The molecule has 1 heterocycles. The number of amides is 1. The second kappa shape index (κ2) is 8.51. The number of nitrogens with zero attached hydrogens (tertiary/aromatic N) is 2. The fraction of sp³-hybridized carbons (Fsp3) is 0.0417. The fourth-order valence-electron chi connectivity index (χ4n) is 3.23. The number of halogens is 3. The van der Waals surface area contributed by atoms with Crippen LogP contribution in [0.5, 0.6) is 0 Å². The van der Waals surface area contributed by atoms with Gasteiger partial charge in [0.2, 0.25) is 0 Å². The van der Waals surface area contributed by atoms with E-state index in [1.54, 1.807) is 24.3 Å². The summed E-state index contributed by atoms with van der Waals surface area (Å²) in [6.07, 6.45) is -4.63. The van der Waals surface area contributed by atoms with Crippen LogP contribution in [0.15, 0.2) is 83.7 Å². The molecule has 164 valence electrons. The van der Waals surface area contributed by atoms with Gasteiger partial charge in [0, 0.05) is 5.52 Å². The lowest BCUT2D eigenvalue weighted by Gasteiger charge is -2.25. The molecule has 0 atom stereocenters. The summed E-state index contributed by atoms with van der Waals surface area (Å²) < 4.78 is 39.9. The maximum atomic E-state index is 13.4. The van der Waals surface area contributed by atoms with E-state index in [0.29, 0.717) is 22.2 Å². The lowest BCUT2D eigenvalue weighted by molar-refractivity contribution is -0.137. The first kappa shape index (κ1) is 21.6. The van der Waals surface area contributed by atoms with Gasteiger partial charge in [-0.25, -0.2) is 5.01 Å². The van der Waals surface area contributed by atoms with Crippen LogP contribution in [0.4, 0.5) is 24.5 Å². The van der Waals surface area contributed by atoms with Crippen LogP contribution in [0.3, 0.4) is 0 Å². The molecule has 9 heteroatoms. The van der Waals surface area contributed by atoms with Crippen molar-refractivity contribution >= 4 is 28.2 Å². The van der Waals surface area contributed by atoms with Crippen molar-refractivity contribution in [3.8, 4) is 6.07 Å². The smallest absolute Gasteiger partial charge is 0.321 e. The van der Waals surface area contributed by atoms with E-state index in [1.165, 1.54) is 42.5 Å². The van der Waals surface area contributed by atoms with Gasteiger partial charge in [-0.1, -0.05) is 24.3 Å². The van der Waals surface area contributed by atoms with Crippen molar-refractivity contribution in [3.63, 3.8) is 0 Å². The van der Waals surface area contributed by atoms with Crippen molar-refractivity contribution in [2.24, 2.45) is 0 Å². The Kier molecular flexibility index (Phi) is 5.58. The highest BCUT2D eigenvalue weighted by atomic mass is 19.4. The lowest BCUT2D eigenvalue weighted by Crippen LogP contribution is -2.39. The molecule has 0 fully saturated rings. The normalized spacial score (nSPS) is 11.1. The molecule has 1 aromatic heterocycles. The highest BCUT2D eigenvalue weighted by Gasteiger charge is 2.32. The average Bonchev–Trinajstić information content (AvgIpc) is 2.81. The third-order valence-electron chi connectivity index (χ3n) is 4.87. The molecule has 0 aliphatic rings. The Labute approximate surface area is 185 Å². The quantitative estimate of drug-likeness (QED) is 0.426. The summed E-state index contributed by atoms with van der Waals surface area (Å²) in [5.41, 5.74) is 1.96. The van der Waals surface area contributed by atoms with Gasteiger partial charge in [0.1, 0.15) is 5.56 Å². The van der Waals surface area contributed by atoms with Crippen LogP contribution in [0.2, 0.25) is 0 Å². The summed E-state index contributed by atoms with van der Waals surface area (Å²) in [5, 5.41) is 10.4. The minimum absolute atomic E-state index is 0.119. The highest BCUT2D eigenvalue weighted by molar-refractivity contribution is 6.08. The van der Waals surface area contributed by atoms with Gasteiger partial charge in [0.15, 0.2) is 0 Å². The number of hydrogen-bond acceptors (Lipinski definition) is 4. The number of benzene rings is 3. The SMILES string of the molecule is N#Cc1ccc(NN(C(=O)c2cc3ccccc3[nH]c2=O)c2cccc(C(F)(F)F)c2)cc1. The Bertz CT molecular complexity index is 1440. The van der Waals surface area contributed by atoms with E-state index in [2.05, 4.69) is 10.4 Å². The number of aromatic nitrogens is 1. The lowest BCUT2D eigenvalue weighted by atomic mass is 10.1. The summed E-state index contributed by atoms with van der Waals surface area (Å²) in [6, 6.07) is 20.3. The molecule has 0 aliphatic carbocycles. The van der Waals surface area contributed by atoms with Gasteiger partial charge in [0.05, 0.1) is 28.6 Å². The predicted octanol–water partition coefficient (Wildman–Crippen LogP) is 5.09. The largest absolute Gasteiger partial charge is 0.416 e. The molecule has 0 bridgehead atoms. The maximum absolute atomic E-state index is 13.4. The zero-order chi connectivity index (χ0) is 23.6. The van der Waals surface area contributed by atoms with Crippen LogP contribution in [0, 0.1) is 11.3 Å². The minimum Gasteiger partial charge on any atom is -0.321 e. The molecular weight excluding hydrogens is 433 g/mol. The fourth-order valence-corrected chi connectivity index (χ4v) is 3.23. The third-order valence-corrected chi connectivity index (χ3v) is 4.87. The molecule has 6 nitrogen and oxygen atoms in total. The molecule has 4 aromatic rings. The number of pyridine rings is 1. The van der Waals surface area contributed by atoms with Crippen molar-refractivity contribution in [3.05, 3.63) is 106 Å². The van der Waals surface area contributed by atoms with Crippen molar-refractivity contribution in [2.75, 3.05) is 10.4 Å². The number of para-hydroxylation sites is 1. The van der Waals surface area contributed by atoms with Crippen LogP contribution in [-0.2, 0) is 6.18 Å². The van der Waals surface area contributed by atoms with E-state index < -0.39 is 23.2 Å². The molecule has 0 radical (unpaired) electrons. The number of carbonyl (C=O) groups is 1. The molecule has 33 heavy (non-hydrogen) atoms. The van der Waals surface area contributed by atoms with Crippen molar-refractivity contribution < 1.29 is 18.0 Å². The predicted molar refractivity (Wildman–Crippen MR) is 118 cm³/mol.